The van der Waals surface area contributed by atoms with E-state index in [0.717, 1.165) is 24.3 Å². The van der Waals surface area contributed by atoms with Crippen molar-refractivity contribution in [3.8, 4) is 5.69 Å². The fraction of sp³-hybridized carbons (Fsp3) is 0.444. The Morgan fingerprint density at radius 2 is 2.28 bits per heavy atom. The maximum absolute atomic E-state index is 6.02. The minimum Gasteiger partial charge on any atom is -0.370 e. The van der Waals surface area contributed by atoms with Crippen LogP contribution in [-0.2, 0) is 6.54 Å². The maximum atomic E-state index is 6.02. The molecule has 1 fully saturated rings. The van der Waals surface area contributed by atoms with Crippen molar-refractivity contribution < 1.29 is 0 Å². The molecule has 2 aromatic rings. The second-order valence-electron chi connectivity index (χ2n) is 6.13. The van der Waals surface area contributed by atoms with Gasteiger partial charge in [0.1, 0.15) is 0 Å². The summed E-state index contributed by atoms with van der Waals surface area (Å²) in [7, 11) is 0. The normalized spacial score (nSPS) is 18.1. The molecule has 6 nitrogen and oxygen atoms in total. The molecule has 1 aromatic heterocycles. The van der Waals surface area contributed by atoms with Crippen LogP contribution in [0.15, 0.2) is 47.7 Å². The Hall–Kier alpha value is -1.61. The molecular formula is C18H27IN6. The minimum atomic E-state index is 0. The molecule has 3 N–H and O–H groups in total. The third-order valence-corrected chi connectivity index (χ3v) is 4.54. The van der Waals surface area contributed by atoms with E-state index in [0.29, 0.717) is 18.5 Å². The highest BCUT2D eigenvalue weighted by Crippen LogP contribution is 2.15. The van der Waals surface area contributed by atoms with Crippen molar-refractivity contribution in [1.29, 1.82) is 0 Å². The van der Waals surface area contributed by atoms with Crippen molar-refractivity contribution in [3.63, 3.8) is 0 Å². The van der Waals surface area contributed by atoms with E-state index in [2.05, 4.69) is 39.4 Å². The molecule has 0 amide bonds. The van der Waals surface area contributed by atoms with Gasteiger partial charge in [0.15, 0.2) is 5.96 Å². The first-order chi connectivity index (χ1) is 11.8. The molecule has 3 rings (SSSR count). The number of hydrogen-bond acceptors (Lipinski definition) is 3. The van der Waals surface area contributed by atoms with Crippen molar-refractivity contribution in [2.45, 2.75) is 32.4 Å². The predicted octanol–water partition coefficient (Wildman–Crippen LogP) is 2.38. The lowest BCUT2D eigenvalue weighted by Crippen LogP contribution is -2.42. The Kier molecular flexibility index (Phi) is 7.70. The van der Waals surface area contributed by atoms with Crippen LogP contribution in [0.1, 0.15) is 25.3 Å². The SMILES string of the molecule is CCN1CCCC1CNC(N)=NCc1cccc(-n2cccn2)c1.I. The van der Waals surface area contributed by atoms with E-state index in [1.165, 1.54) is 19.4 Å². The van der Waals surface area contributed by atoms with E-state index in [4.69, 9.17) is 5.73 Å². The van der Waals surface area contributed by atoms with Gasteiger partial charge < -0.3 is 11.1 Å². The molecule has 1 atom stereocenters. The number of hydrogen-bond donors (Lipinski definition) is 2. The van der Waals surface area contributed by atoms with Gasteiger partial charge in [-0.3, -0.25) is 4.90 Å². The summed E-state index contributed by atoms with van der Waals surface area (Å²) in [5, 5.41) is 7.52. The second-order valence-corrected chi connectivity index (χ2v) is 6.13. The fourth-order valence-corrected chi connectivity index (χ4v) is 3.22. The Morgan fingerprint density at radius 3 is 3.04 bits per heavy atom. The van der Waals surface area contributed by atoms with Gasteiger partial charge in [0.2, 0.25) is 0 Å². The molecule has 1 aliphatic heterocycles. The van der Waals surface area contributed by atoms with Gasteiger partial charge in [-0.25, -0.2) is 9.67 Å². The number of aromatic nitrogens is 2. The van der Waals surface area contributed by atoms with E-state index >= 15 is 0 Å². The average Bonchev–Trinajstić information content (AvgIpc) is 3.29. The number of aliphatic imine (C=N–C) groups is 1. The lowest BCUT2D eigenvalue weighted by Gasteiger charge is -2.23. The molecule has 1 saturated heterocycles. The number of nitrogens with zero attached hydrogens (tertiary/aromatic N) is 4. The number of halogens is 1. The van der Waals surface area contributed by atoms with Crippen LogP contribution >= 0.6 is 24.0 Å². The van der Waals surface area contributed by atoms with E-state index in [1.807, 2.05) is 29.1 Å². The number of benzene rings is 1. The van der Waals surface area contributed by atoms with E-state index in [1.54, 1.807) is 6.20 Å². The molecule has 25 heavy (non-hydrogen) atoms. The third kappa shape index (κ3) is 5.43. The van der Waals surface area contributed by atoms with Crippen LogP contribution in [0.2, 0.25) is 0 Å². The highest BCUT2D eigenvalue weighted by Gasteiger charge is 2.22. The lowest BCUT2D eigenvalue weighted by molar-refractivity contribution is 0.267. The second kappa shape index (κ2) is 9.76. The molecule has 1 aliphatic rings. The molecule has 0 bridgehead atoms. The number of likely N-dealkylation sites (N-methyl/N-ethyl adjacent to an activating group) is 1. The van der Waals surface area contributed by atoms with Gasteiger partial charge in [0.05, 0.1) is 12.2 Å². The number of nitrogens with two attached hydrogens (primary N) is 1. The van der Waals surface area contributed by atoms with Gasteiger partial charge in [-0.05, 0) is 49.7 Å². The Balaban J connectivity index is 0.00000225. The van der Waals surface area contributed by atoms with Crippen molar-refractivity contribution in [2.75, 3.05) is 19.6 Å². The number of likely N-dealkylation sites (tertiary alicyclic amines) is 1. The van der Waals surface area contributed by atoms with Gasteiger partial charge in [-0.15, -0.1) is 24.0 Å². The van der Waals surface area contributed by atoms with E-state index in [-0.39, 0.29) is 24.0 Å². The molecule has 2 heterocycles. The van der Waals surface area contributed by atoms with Crippen molar-refractivity contribution in [2.24, 2.45) is 10.7 Å². The number of nitrogens with one attached hydrogen (secondary N) is 1. The zero-order valence-electron chi connectivity index (χ0n) is 14.6. The van der Waals surface area contributed by atoms with Crippen LogP contribution in [0.3, 0.4) is 0 Å². The summed E-state index contributed by atoms with van der Waals surface area (Å²) in [6.07, 6.45) is 6.21. The van der Waals surface area contributed by atoms with Crippen molar-refractivity contribution >= 4 is 29.9 Å². The summed E-state index contributed by atoms with van der Waals surface area (Å²) in [5.74, 6) is 0.516. The Morgan fingerprint density at radius 1 is 1.40 bits per heavy atom. The first kappa shape index (κ1) is 19.7. The summed E-state index contributed by atoms with van der Waals surface area (Å²) >= 11 is 0. The first-order valence-electron chi connectivity index (χ1n) is 8.63. The fourth-order valence-electron chi connectivity index (χ4n) is 3.22. The van der Waals surface area contributed by atoms with E-state index < -0.39 is 0 Å². The monoisotopic (exact) mass is 454 g/mol. The van der Waals surface area contributed by atoms with Crippen molar-refractivity contribution in [3.05, 3.63) is 48.3 Å². The highest BCUT2D eigenvalue weighted by atomic mass is 127. The van der Waals surface area contributed by atoms with Gasteiger partial charge in [-0.2, -0.15) is 5.10 Å². The number of guanidine groups is 1. The Labute approximate surface area is 166 Å². The molecule has 1 unspecified atom stereocenters. The first-order valence-corrected chi connectivity index (χ1v) is 8.63. The largest absolute Gasteiger partial charge is 0.370 e. The lowest BCUT2D eigenvalue weighted by atomic mass is 10.2. The van der Waals surface area contributed by atoms with Gasteiger partial charge in [0.25, 0.3) is 0 Å². The van der Waals surface area contributed by atoms with Gasteiger partial charge in [-0.1, -0.05) is 19.1 Å². The quantitative estimate of drug-likeness (QED) is 0.400. The minimum absolute atomic E-state index is 0. The van der Waals surface area contributed by atoms with Crippen LogP contribution in [0.4, 0.5) is 0 Å². The zero-order valence-corrected chi connectivity index (χ0v) is 17.0. The summed E-state index contributed by atoms with van der Waals surface area (Å²) < 4.78 is 1.84. The molecule has 1 aromatic carbocycles. The molecule has 0 aliphatic carbocycles. The van der Waals surface area contributed by atoms with Crippen LogP contribution in [0.5, 0.6) is 0 Å². The summed E-state index contributed by atoms with van der Waals surface area (Å²) in [6.45, 7) is 5.94. The van der Waals surface area contributed by atoms with Crippen LogP contribution in [-0.4, -0.2) is 46.3 Å². The average molecular weight is 454 g/mol. The molecular weight excluding hydrogens is 427 g/mol. The van der Waals surface area contributed by atoms with Crippen LogP contribution in [0, 0.1) is 0 Å². The van der Waals surface area contributed by atoms with E-state index in [9.17, 15) is 0 Å². The number of rotatable bonds is 6. The van der Waals surface area contributed by atoms with Crippen LogP contribution in [0.25, 0.3) is 5.69 Å². The molecule has 0 spiro atoms. The van der Waals surface area contributed by atoms with Crippen LogP contribution < -0.4 is 11.1 Å². The summed E-state index contributed by atoms with van der Waals surface area (Å²) in [6, 6.07) is 10.7. The summed E-state index contributed by atoms with van der Waals surface area (Å²) in [5.41, 5.74) is 8.17. The molecule has 0 saturated carbocycles. The standard InChI is InChI=1S/C18H26N6.HI/c1-2-23-10-4-8-17(23)14-21-18(19)20-13-15-6-3-7-16(12-15)24-11-5-9-22-24;/h3,5-7,9,11-12,17H,2,4,8,10,13-14H2,1H3,(H3,19,20,21);1H. The topological polar surface area (TPSA) is 71.5 Å². The van der Waals surface area contributed by atoms with Gasteiger partial charge in [0, 0.05) is 25.0 Å². The highest BCUT2D eigenvalue weighted by molar-refractivity contribution is 14.0. The zero-order chi connectivity index (χ0) is 16.8. The Bertz CT molecular complexity index is 670. The summed E-state index contributed by atoms with van der Waals surface area (Å²) in [4.78, 5) is 6.96. The third-order valence-electron chi connectivity index (χ3n) is 4.54. The van der Waals surface area contributed by atoms with Gasteiger partial charge >= 0.3 is 0 Å². The molecule has 136 valence electrons. The maximum Gasteiger partial charge on any atom is 0.188 e. The van der Waals surface area contributed by atoms with Crippen molar-refractivity contribution in [1.82, 2.24) is 20.0 Å². The molecule has 0 radical (unpaired) electrons. The smallest absolute Gasteiger partial charge is 0.188 e. The predicted molar refractivity (Wildman–Crippen MR) is 113 cm³/mol. The molecule has 7 heteroatoms.